The molecule has 0 fully saturated rings. The number of benzene rings is 1. The number of aromatic nitrogens is 2. The summed E-state index contributed by atoms with van der Waals surface area (Å²) in [5.41, 5.74) is 1.48. The average Bonchev–Trinajstić information content (AvgIpc) is 2.48. The molecule has 0 aliphatic heterocycles. The van der Waals surface area contributed by atoms with Crippen LogP contribution < -0.4 is 5.32 Å². The monoisotopic (exact) mass is 305 g/mol. The van der Waals surface area contributed by atoms with E-state index in [9.17, 15) is 9.59 Å². The molecule has 1 N–H and O–H groups in total. The largest absolute Gasteiger partial charge is 0.451 e. The number of anilines is 1. The Balaban J connectivity index is 1.89. The first-order valence-electron chi connectivity index (χ1n) is 6.05. The average molecular weight is 306 g/mol. The first-order valence-corrected chi connectivity index (χ1v) is 6.43. The van der Waals surface area contributed by atoms with E-state index >= 15 is 0 Å². The van der Waals surface area contributed by atoms with Crippen LogP contribution in [0.4, 0.5) is 5.69 Å². The normalized spacial score (nSPS) is 10.0. The lowest BCUT2D eigenvalue weighted by Gasteiger charge is -2.08. The molecule has 6 nitrogen and oxygen atoms in total. The summed E-state index contributed by atoms with van der Waals surface area (Å²) in [6.45, 7) is 1.46. The lowest BCUT2D eigenvalue weighted by molar-refractivity contribution is -0.119. The summed E-state index contributed by atoms with van der Waals surface area (Å²) in [4.78, 5) is 30.8. The Bertz CT molecular complexity index is 662. The Morgan fingerprint density at radius 1 is 1.33 bits per heavy atom. The lowest BCUT2D eigenvalue weighted by atomic mass is 10.2. The van der Waals surface area contributed by atoms with Crippen molar-refractivity contribution in [2.75, 3.05) is 11.9 Å². The molecule has 1 aromatic carbocycles. The molecule has 21 heavy (non-hydrogen) atoms. The molecule has 0 spiro atoms. The number of ether oxygens (including phenoxy) is 1. The number of nitrogens with one attached hydrogen (secondary N) is 1. The van der Waals surface area contributed by atoms with Crippen molar-refractivity contribution in [2.45, 2.75) is 6.92 Å². The van der Waals surface area contributed by atoms with Gasteiger partial charge in [0.1, 0.15) is 0 Å². The number of aryl methyl sites for hydroxylation is 1. The van der Waals surface area contributed by atoms with Gasteiger partial charge in [0.05, 0.1) is 16.9 Å². The minimum atomic E-state index is -0.715. The summed E-state index contributed by atoms with van der Waals surface area (Å²) in [5.74, 6) is -1.20. The number of rotatable bonds is 4. The van der Waals surface area contributed by atoms with Crippen LogP contribution >= 0.6 is 11.6 Å². The van der Waals surface area contributed by atoms with Crippen LogP contribution in [0.1, 0.15) is 16.1 Å². The molecule has 2 aromatic rings. The van der Waals surface area contributed by atoms with E-state index in [4.69, 9.17) is 16.3 Å². The van der Waals surface area contributed by atoms with Crippen molar-refractivity contribution in [2.24, 2.45) is 0 Å². The van der Waals surface area contributed by atoms with Crippen LogP contribution in [0.25, 0.3) is 0 Å². The smallest absolute Gasteiger partial charge is 0.359 e. The van der Waals surface area contributed by atoms with Crippen LogP contribution in [-0.2, 0) is 9.53 Å². The molecule has 1 aromatic heterocycles. The zero-order chi connectivity index (χ0) is 15.2. The summed E-state index contributed by atoms with van der Waals surface area (Å²) < 4.78 is 4.83. The van der Waals surface area contributed by atoms with Crippen LogP contribution in [0, 0.1) is 6.92 Å². The Kier molecular flexibility index (Phi) is 4.84. The van der Waals surface area contributed by atoms with E-state index < -0.39 is 18.5 Å². The third-order valence-electron chi connectivity index (χ3n) is 2.51. The number of amides is 1. The van der Waals surface area contributed by atoms with E-state index in [1.54, 1.807) is 12.1 Å². The second kappa shape index (κ2) is 6.81. The van der Waals surface area contributed by atoms with Gasteiger partial charge in [-0.2, -0.15) is 0 Å². The predicted molar refractivity (Wildman–Crippen MR) is 77.1 cm³/mol. The lowest BCUT2D eigenvalue weighted by Crippen LogP contribution is -2.21. The summed E-state index contributed by atoms with van der Waals surface area (Å²) in [6, 6.07) is 5.22. The van der Waals surface area contributed by atoms with Crippen LogP contribution in [0.2, 0.25) is 5.02 Å². The van der Waals surface area contributed by atoms with Crippen molar-refractivity contribution in [3.63, 3.8) is 0 Å². The minimum absolute atomic E-state index is 0.0404. The van der Waals surface area contributed by atoms with Crippen LogP contribution in [-0.4, -0.2) is 28.5 Å². The quantitative estimate of drug-likeness (QED) is 0.876. The van der Waals surface area contributed by atoms with Gasteiger partial charge in [-0.3, -0.25) is 9.78 Å². The molecular weight excluding hydrogens is 294 g/mol. The number of hydrogen-bond donors (Lipinski definition) is 1. The maximum absolute atomic E-state index is 11.7. The molecule has 0 radical (unpaired) electrons. The molecule has 1 heterocycles. The SMILES string of the molecule is Cc1ccc(NC(=O)COC(=O)c2cnccn2)c(Cl)c1. The molecule has 0 bridgehead atoms. The maximum atomic E-state index is 11.7. The first kappa shape index (κ1) is 14.9. The molecule has 0 aliphatic carbocycles. The van der Waals surface area contributed by atoms with Gasteiger partial charge < -0.3 is 10.1 Å². The highest BCUT2D eigenvalue weighted by Gasteiger charge is 2.12. The molecule has 0 aliphatic rings. The zero-order valence-corrected chi connectivity index (χ0v) is 11.9. The molecule has 7 heteroatoms. The van der Waals surface area contributed by atoms with Crippen molar-refractivity contribution in [3.05, 3.63) is 53.1 Å². The van der Waals surface area contributed by atoms with Crippen molar-refractivity contribution < 1.29 is 14.3 Å². The van der Waals surface area contributed by atoms with Gasteiger partial charge in [0.2, 0.25) is 0 Å². The Labute approximate surface area is 126 Å². The fourth-order valence-corrected chi connectivity index (χ4v) is 1.80. The van der Waals surface area contributed by atoms with Crippen LogP contribution in [0.3, 0.4) is 0 Å². The standard InChI is InChI=1S/C14H12ClN3O3/c1-9-2-3-11(10(15)6-9)18-13(19)8-21-14(20)12-7-16-4-5-17-12/h2-7H,8H2,1H3,(H,18,19). The van der Waals surface area contributed by atoms with Crippen molar-refractivity contribution in [1.29, 1.82) is 0 Å². The highest BCUT2D eigenvalue weighted by Crippen LogP contribution is 2.22. The van der Waals surface area contributed by atoms with Gasteiger partial charge in [-0.1, -0.05) is 17.7 Å². The van der Waals surface area contributed by atoms with E-state index in [0.29, 0.717) is 10.7 Å². The van der Waals surface area contributed by atoms with Gasteiger partial charge >= 0.3 is 5.97 Å². The number of halogens is 1. The molecule has 0 unspecified atom stereocenters. The van der Waals surface area contributed by atoms with Gasteiger partial charge in [0, 0.05) is 12.4 Å². The van der Waals surface area contributed by atoms with E-state index in [1.807, 2.05) is 13.0 Å². The Morgan fingerprint density at radius 3 is 2.81 bits per heavy atom. The molecule has 0 saturated carbocycles. The highest BCUT2D eigenvalue weighted by atomic mass is 35.5. The molecule has 1 amide bonds. The molecular formula is C14H12ClN3O3. The van der Waals surface area contributed by atoms with Crippen molar-refractivity contribution >= 4 is 29.2 Å². The third-order valence-corrected chi connectivity index (χ3v) is 2.82. The number of carbonyl (C=O) groups is 2. The van der Waals surface area contributed by atoms with Gasteiger partial charge in [-0.15, -0.1) is 0 Å². The van der Waals surface area contributed by atoms with E-state index in [0.717, 1.165) is 5.56 Å². The molecule has 2 rings (SSSR count). The third kappa shape index (κ3) is 4.25. The topological polar surface area (TPSA) is 81.2 Å². The maximum Gasteiger partial charge on any atom is 0.359 e. The summed E-state index contributed by atoms with van der Waals surface area (Å²) in [7, 11) is 0. The van der Waals surface area contributed by atoms with Crippen molar-refractivity contribution in [3.8, 4) is 0 Å². The van der Waals surface area contributed by atoms with E-state index in [2.05, 4.69) is 15.3 Å². The van der Waals surface area contributed by atoms with Gasteiger partial charge in [0.15, 0.2) is 12.3 Å². The molecule has 108 valence electrons. The Morgan fingerprint density at radius 2 is 2.14 bits per heavy atom. The first-order chi connectivity index (χ1) is 10.1. The Hall–Kier alpha value is -2.47. The zero-order valence-electron chi connectivity index (χ0n) is 11.2. The minimum Gasteiger partial charge on any atom is -0.451 e. The molecule has 0 saturated heterocycles. The number of carbonyl (C=O) groups excluding carboxylic acids is 2. The summed E-state index contributed by atoms with van der Waals surface area (Å²) >= 11 is 5.99. The van der Waals surface area contributed by atoms with E-state index in [-0.39, 0.29) is 5.69 Å². The second-order valence-corrected chi connectivity index (χ2v) is 4.61. The summed E-state index contributed by atoms with van der Waals surface area (Å²) in [6.07, 6.45) is 4.06. The van der Waals surface area contributed by atoms with Crippen LogP contribution in [0.5, 0.6) is 0 Å². The highest BCUT2D eigenvalue weighted by molar-refractivity contribution is 6.33. The van der Waals surface area contributed by atoms with Gasteiger partial charge in [-0.25, -0.2) is 9.78 Å². The van der Waals surface area contributed by atoms with Gasteiger partial charge in [0.25, 0.3) is 5.91 Å². The fraction of sp³-hybridized carbons (Fsp3) is 0.143. The number of nitrogens with zero attached hydrogens (tertiary/aromatic N) is 2. The predicted octanol–water partition coefficient (Wildman–Crippen LogP) is 2.23. The van der Waals surface area contributed by atoms with Crippen molar-refractivity contribution in [1.82, 2.24) is 9.97 Å². The van der Waals surface area contributed by atoms with Gasteiger partial charge in [-0.05, 0) is 24.6 Å². The van der Waals surface area contributed by atoms with E-state index in [1.165, 1.54) is 18.6 Å². The molecule has 0 atom stereocenters. The number of hydrogen-bond acceptors (Lipinski definition) is 5. The second-order valence-electron chi connectivity index (χ2n) is 4.20. The number of esters is 1. The fourth-order valence-electron chi connectivity index (χ4n) is 1.52. The van der Waals surface area contributed by atoms with Crippen LogP contribution in [0.15, 0.2) is 36.8 Å². The summed E-state index contributed by atoms with van der Waals surface area (Å²) in [5, 5.41) is 2.98.